The lowest BCUT2D eigenvalue weighted by Crippen LogP contribution is -2.21. The van der Waals surface area contributed by atoms with Gasteiger partial charge in [0.2, 0.25) is 0 Å². The molecular weight excluding hydrogens is 425 g/mol. The number of amides is 2. The van der Waals surface area contributed by atoms with E-state index in [-0.39, 0.29) is 5.56 Å². The summed E-state index contributed by atoms with van der Waals surface area (Å²) in [6.45, 7) is 0. The second-order valence-corrected chi connectivity index (χ2v) is 6.85. The fourth-order valence-corrected chi connectivity index (χ4v) is 3.16. The summed E-state index contributed by atoms with van der Waals surface area (Å²) in [6.07, 6.45) is 1.36. The fraction of sp³-hybridized carbons (Fsp3) is 0.0455. The van der Waals surface area contributed by atoms with Gasteiger partial charge in [0.05, 0.1) is 40.2 Å². The Morgan fingerprint density at radius 1 is 0.867 bits per heavy atom. The zero-order chi connectivity index (χ0) is 21.5. The number of methoxy groups -OCH3 is 1. The first kappa shape index (κ1) is 21.4. The van der Waals surface area contributed by atoms with Crippen molar-refractivity contribution in [3.05, 3.63) is 93.5 Å². The van der Waals surface area contributed by atoms with Gasteiger partial charge < -0.3 is 10.1 Å². The molecule has 2 N–H and O–H groups in total. The number of nitrogens with one attached hydrogen (secondary N) is 2. The van der Waals surface area contributed by atoms with Crippen LogP contribution < -0.4 is 15.5 Å². The standard InChI is InChI=1S/C22H17Cl2N3O3/c1-30-20-12-5-3-8-15(20)21(28)26-19-11-4-2-7-14(19)22(29)27-25-13-16-17(23)9-6-10-18(16)24/h2-13H,1H3,(H,26,28)(H,27,29)/b25-13+. The summed E-state index contributed by atoms with van der Waals surface area (Å²) in [7, 11) is 1.48. The number of ether oxygens (including phenoxy) is 1. The van der Waals surface area contributed by atoms with Crippen molar-refractivity contribution in [1.82, 2.24) is 5.43 Å². The van der Waals surface area contributed by atoms with Crippen molar-refractivity contribution in [2.24, 2.45) is 5.10 Å². The van der Waals surface area contributed by atoms with Crippen LogP contribution in [0.15, 0.2) is 71.8 Å². The van der Waals surface area contributed by atoms with Crippen LogP contribution in [0.5, 0.6) is 5.75 Å². The van der Waals surface area contributed by atoms with E-state index in [2.05, 4.69) is 15.8 Å². The Morgan fingerprint density at radius 2 is 1.50 bits per heavy atom. The Balaban J connectivity index is 1.77. The van der Waals surface area contributed by atoms with Gasteiger partial charge in [0, 0.05) is 5.56 Å². The quantitative estimate of drug-likeness (QED) is 0.416. The van der Waals surface area contributed by atoms with E-state index in [9.17, 15) is 9.59 Å². The van der Waals surface area contributed by atoms with E-state index in [0.717, 1.165) is 0 Å². The number of hydrogen-bond acceptors (Lipinski definition) is 4. The molecule has 0 aliphatic rings. The van der Waals surface area contributed by atoms with Gasteiger partial charge in [0.1, 0.15) is 5.75 Å². The number of nitrogens with zero attached hydrogens (tertiary/aromatic N) is 1. The monoisotopic (exact) mass is 441 g/mol. The summed E-state index contributed by atoms with van der Waals surface area (Å²) in [5, 5.41) is 7.47. The minimum Gasteiger partial charge on any atom is -0.496 e. The first-order valence-electron chi connectivity index (χ1n) is 8.82. The highest BCUT2D eigenvalue weighted by Crippen LogP contribution is 2.23. The molecule has 0 radical (unpaired) electrons. The number of carbonyl (C=O) groups excluding carboxylic acids is 2. The van der Waals surface area contributed by atoms with E-state index in [4.69, 9.17) is 27.9 Å². The number of rotatable bonds is 6. The molecule has 0 bridgehead atoms. The summed E-state index contributed by atoms with van der Waals surface area (Å²) < 4.78 is 5.22. The van der Waals surface area contributed by atoms with Gasteiger partial charge in [-0.05, 0) is 36.4 Å². The maximum Gasteiger partial charge on any atom is 0.273 e. The molecule has 0 aromatic heterocycles. The number of halogens is 2. The van der Waals surface area contributed by atoms with Crippen LogP contribution in [0.25, 0.3) is 0 Å². The van der Waals surface area contributed by atoms with Crippen molar-refractivity contribution in [2.75, 3.05) is 12.4 Å². The van der Waals surface area contributed by atoms with Crippen molar-refractivity contribution in [3.63, 3.8) is 0 Å². The van der Waals surface area contributed by atoms with Crippen LogP contribution in [0.1, 0.15) is 26.3 Å². The van der Waals surface area contributed by atoms with E-state index < -0.39 is 11.8 Å². The Hall–Kier alpha value is -3.35. The van der Waals surface area contributed by atoms with E-state index in [1.165, 1.54) is 13.3 Å². The molecule has 0 saturated heterocycles. The lowest BCUT2D eigenvalue weighted by molar-refractivity contribution is 0.0956. The van der Waals surface area contributed by atoms with Crippen LogP contribution in [0.2, 0.25) is 10.0 Å². The third-order valence-electron chi connectivity index (χ3n) is 4.13. The highest BCUT2D eigenvalue weighted by atomic mass is 35.5. The van der Waals surface area contributed by atoms with E-state index in [0.29, 0.717) is 32.6 Å². The smallest absolute Gasteiger partial charge is 0.273 e. The molecule has 3 aromatic rings. The van der Waals surface area contributed by atoms with Crippen molar-refractivity contribution < 1.29 is 14.3 Å². The number of anilines is 1. The van der Waals surface area contributed by atoms with Crippen LogP contribution in [0.4, 0.5) is 5.69 Å². The molecule has 0 aliphatic heterocycles. The predicted octanol–water partition coefficient (Wildman–Crippen LogP) is 5.02. The third kappa shape index (κ3) is 4.97. The molecule has 0 aliphatic carbocycles. The van der Waals surface area contributed by atoms with Crippen molar-refractivity contribution in [2.45, 2.75) is 0 Å². The number of carbonyl (C=O) groups is 2. The van der Waals surface area contributed by atoms with Crippen molar-refractivity contribution in [1.29, 1.82) is 0 Å². The van der Waals surface area contributed by atoms with E-state index >= 15 is 0 Å². The Bertz CT molecular complexity index is 1100. The highest BCUT2D eigenvalue weighted by Gasteiger charge is 2.16. The normalized spacial score (nSPS) is 10.6. The minimum atomic E-state index is -0.509. The molecule has 30 heavy (non-hydrogen) atoms. The SMILES string of the molecule is COc1ccccc1C(=O)Nc1ccccc1C(=O)N/N=C/c1c(Cl)cccc1Cl. The third-order valence-corrected chi connectivity index (χ3v) is 4.79. The molecule has 0 fully saturated rings. The maximum atomic E-state index is 12.7. The molecule has 3 rings (SSSR count). The molecule has 0 spiro atoms. The molecule has 0 unspecified atom stereocenters. The molecule has 3 aromatic carbocycles. The predicted molar refractivity (Wildman–Crippen MR) is 119 cm³/mol. The number of hydrazone groups is 1. The zero-order valence-electron chi connectivity index (χ0n) is 15.9. The summed E-state index contributed by atoms with van der Waals surface area (Å²) in [5.41, 5.74) is 3.82. The van der Waals surface area contributed by atoms with Crippen LogP contribution >= 0.6 is 23.2 Å². The second kappa shape index (κ2) is 9.91. The lowest BCUT2D eigenvalue weighted by atomic mass is 10.1. The average molecular weight is 442 g/mol. The number of para-hydroxylation sites is 2. The first-order valence-corrected chi connectivity index (χ1v) is 9.57. The van der Waals surface area contributed by atoms with Gasteiger partial charge in [-0.1, -0.05) is 53.5 Å². The van der Waals surface area contributed by atoms with Crippen molar-refractivity contribution >= 4 is 46.9 Å². The fourth-order valence-electron chi connectivity index (χ4n) is 2.66. The molecule has 0 saturated carbocycles. The number of hydrogen-bond donors (Lipinski definition) is 2. The van der Waals surface area contributed by atoms with Gasteiger partial charge in [-0.2, -0.15) is 5.10 Å². The lowest BCUT2D eigenvalue weighted by Gasteiger charge is -2.12. The van der Waals surface area contributed by atoms with Crippen LogP contribution in [-0.2, 0) is 0 Å². The molecular formula is C22H17Cl2N3O3. The highest BCUT2D eigenvalue weighted by molar-refractivity contribution is 6.38. The van der Waals surface area contributed by atoms with Crippen LogP contribution in [0, 0.1) is 0 Å². The second-order valence-electron chi connectivity index (χ2n) is 6.03. The molecule has 6 nitrogen and oxygen atoms in total. The molecule has 152 valence electrons. The van der Waals surface area contributed by atoms with Gasteiger partial charge >= 0.3 is 0 Å². The van der Waals surface area contributed by atoms with Gasteiger partial charge in [0.25, 0.3) is 11.8 Å². The van der Waals surface area contributed by atoms with Gasteiger partial charge in [-0.25, -0.2) is 5.43 Å². The average Bonchev–Trinajstić information content (AvgIpc) is 2.76. The Kier molecular flexibility index (Phi) is 7.06. The van der Waals surface area contributed by atoms with E-state index in [1.807, 2.05) is 0 Å². The molecule has 0 atom stereocenters. The summed E-state index contributed by atoms with van der Waals surface area (Å²) in [5.74, 6) is -0.484. The summed E-state index contributed by atoms with van der Waals surface area (Å²) in [6, 6.07) is 18.4. The first-order chi connectivity index (χ1) is 14.5. The van der Waals surface area contributed by atoms with E-state index in [1.54, 1.807) is 66.7 Å². The summed E-state index contributed by atoms with van der Waals surface area (Å²) in [4.78, 5) is 25.3. The van der Waals surface area contributed by atoms with Crippen LogP contribution in [0.3, 0.4) is 0 Å². The largest absolute Gasteiger partial charge is 0.496 e. The number of benzene rings is 3. The molecule has 0 heterocycles. The van der Waals surface area contributed by atoms with Gasteiger partial charge in [-0.15, -0.1) is 0 Å². The summed E-state index contributed by atoms with van der Waals surface area (Å²) >= 11 is 12.2. The van der Waals surface area contributed by atoms with Crippen LogP contribution in [-0.4, -0.2) is 25.1 Å². The molecule has 2 amide bonds. The molecule has 8 heteroatoms. The van der Waals surface area contributed by atoms with Crippen molar-refractivity contribution in [3.8, 4) is 5.75 Å². The zero-order valence-corrected chi connectivity index (χ0v) is 17.4. The Labute approximate surface area is 183 Å². The van der Waals surface area contributed by atoms with Gasteiger partial charge in [0.15, 0.2) is 0 Å². The Morgan fingerprint density at radius 3 is 2.20 bits per heavy atom. The topological polar surface area (TPSA) is 79.8 Å². The maximum absolute atomic E-state index is 12.7. The van der Waals surface area contributed by atoms with Gasteiger partial charge in [-0.3, -0.25) is 9.59 Å². The minimum absolute atomic E-state index is 0.239.